The number of hydrogen-bond donors (Lipinski definition) is 2. The van der Waals surface area contributed by atoms with E-state index in [2.05, 4.69) is 17.0 Å². The molecule has 3 N–H and O–H groups in total. The van der Waals surface area contributed by atoms with Crippen LogP contribution in [0.5, 0.6) is 0 Å². The summed E-state index contributed by atoms with van der Waals surface area (Å²) in [6.07, 6.45) is 0. The average Bonchev–Trinajstić information content (AvgIpc) is 2.18. The van der Waals surface area contributed by atoms with E-state index in [-0.39, 0.29) is 12.6 Å². The van der Waals surface area contributed by atoms with E-state index in [0.717, 1.165) is 13.1 Å². The fraction of sp³-hybridized carbons (Fsp3) is 0.500. The summed E-state index contributed by atoms with van der Waals surface area (Å²) in [6.45, 7) is 4.50. The molecule has 1 unspecified atom stereocenters. The summed E-state index contributed by atoms with van der Waals surface area (Å²) in [7, 11) is 0. The molecule has 0 aliphatic rings. The van der Waals surface area contributed by atoms with Gasteiger partial charge >= 0.3 is 0 Å². The molecule has 3 heteroatoms. The van der Waals surface area contributed by atoms with Crippen LogP contribution in [0.3, 0.4) is 0 Å². The maximum Gasteiger partial charge on any atom is 0.0558 e. The Kier molecular flexibility index (Phi) is 5.32. The van der Waals surface area contributed by atoms with Crippen LogP contribution < -0.4 is 5.73 Å². The van der Waals surface area contributed by atoms with Crippen molar-refractivity contribution in [3.8, 4) is 0 Å². The molecule has 0 radical (unpaired) electrons. The topological polar surface area (TPSA) is 49.5 Å². The molecule has 1 aromatic carbocycles. The number of aliphatic hydroxyl groups excluding tert-OH is 1. The van der Waals surface area contributed by atoms with Gasteiger partial charge in [-0.2, -0.15) is 0 Å². The fourth-order valence-electron chi connectivity index (χ4n) is 1.63. The molecule has 0 bridgehead atoms. The fourth-order valence-corrected chi connectivity index (χ4v) is 1.63. The number of hydrogen-bond acceptors (Lipinski definition) is 3. The van der Waals surface area contributed by atoms with E-state index in [1.807, 2.05) is 25.1 Å². The standard InChI is InChI=1S/C12H20N2O/c1-11(13)9-14(7-8-15)10-12-5-3-2-4-6-12/h2-6,11,15H,7-10,13H2,1H3. The van der Waals surface area contributed by atoms with Crippen molar-refractivity contribution in [3.05, 3.63) is 35.9 Å². The van der Waals surface area contributed by atoms with Gasteiger partial charge in [0.2, 0.25) is 0 Å². The van der Waals surface area contributed by atoms with Crippen molar-refractivity contribution >= 4 is 0 Å². The van der Waals surface area contributed by atoms with Gasteiger partial charge in [-0.15, -0.1) is 0 Å². The van der Waals surface area contributed by atoms with Crippen LogP contribution in [-0.2, 0) is 6.54 Å². The minimum Gasteiger partial charge on any atom is -0.395 e. The zero-order valence-electron chi connectivity index (χ0n) is 9.26. The molecule has 0 amide bonds. The van der Waals surface area contributed by atoms with Crippen molar-refractivity contribution < 1.29 is 5.11 Å². The molecule has 0 heterocycles. The number of benzene rings is 1. The van der Waals surface area contributed by atoms with E-state index >= 15 is 0 Å². The number of rotatable bonds is 6. The predicted octanol–water partition coefficient (Wildman–Crippen LogP) is 0.828. The van der Waals surface area contributed by atoms with Crippen molar-refractivity contribution in [2.75, 3.05) is 19.7 Å². The van der Waals surface area contributed by atoms with Crippen molar-refractivity contribution in [3.63, 3.8) is 0 Å². The van der Waals surface area contributed by atoms with Crippen LogP contribution in [0.4, 0.5) is 0 Å². The molecule has 84 valence electrons. The van der Waals surface area contributed by atoms with Gasteiger partial charge in [0, 0.05) is 25.7 Å². The van der Waals surface area contributed by atoms with Crippen molar-refractivity contribution in [2.24, 2.45) is 5.73 Å². The Morgan fingerprint density at radius 3 is 2.53 bits per heavy atom. The van der Waals surface area contributed by atoms with E-state index in [4.69, 9.17) is 10.8 Å². The monoisotopic (exact) mass is 208 g/mol. The first kappa shape index (κ1) is 12.2. The van der Waals surface area contributed by atoms with Crippen LogP contribution in [0.2, 0.25) is 0 Å². The van der Waals surface area contributed by atoms with E-state index in [1.165, 1.54) is 5.56 Å². The third kappa shape index (κ3) is 4.93. The molecular weight excluding hydrogens is 188 g/mol. The van der Waals surface area contributed by atoms with Gasteiger partial charge in [-0.3, -0.25) is 4.90 Å². The molecule has 15 heavy (non-hydrogen) atoms. The van der Waals surface area contributed by atoms with Gasteiger partial charge in [0.1, 0.15) is 0 Å². The predicted molar refractivity (Wildman–Crippen MR) is 62.5 cm³/mol. The second kappa shape index (κ2) is 6.56. The van der Waals surface area contributed by atoms with Crippen molar-refractivity contribution in [2.45, 2.75) is 19.5 Å². The lowest BCUT2D eigenvalue weighted by molar-refractivity contribution is 0.184. The van der Waals surface area contributed by atoms with Crippen molar-refractivity contribution in [1.29, 1.82) is 0 Å². The molecular formula is C12H20N2O. The third-order valence-corrected chi connectivity index (χ3v) is 2.21. The number of nitrogens with two attached hydrogens (primary N) is 1. The average molecular weight is 208 g/mol. The highest BCUT2D eigenvalue weighted by Crippen LogP contribution is 2.04. The first-order valence-electron chi connectivity index (χ1n) is 5.35. The molecule has 0 aromatic heterocycles. The summed E-state index contributed by atoms with van der Waals surface area (Å²) in [4.78, 5) is 2.17. The summed E-state index contributed by atoms with van der Waals surface area (Å²) in [6, 6.07) is 10.4. The first-order chi connectivity index (χ1) is 7.22. The van der Waals surface area contributed by atoms with Crippen LogP contribution in [0.25, 0.3) is 0 Å². The lowest BCUT2D eigenvalue weighted by Gasteiger charge is -2.23. The molecule has 0 aliphatic heterocycles. The summed E-state index contributed by atoms with van der Waals surface area (Å²) >= 11 is 0. The van der Waals surface area contributed by atoms with Crippen molar-refractivity contribution in [1.82, 2.24) is 4.90 Å². The normalized spacial score (nSPS) is 13.1. The summed E-state index contributed by atoms with van der Waals surface area (Å²) in [5.74, 6) is 0. The highest BCUT2D eigenvalue weighted by Gasteiger charge is 2.07. The second-order valence-electron chi connectivity index (χ2n) is 3.92. The van der Waals surface area contributed by atoms with Crippen LogP contribution in [0.1, 0.15) is 12.5 Å². The number of nitrogens with zero attached hydrogens (tertiary/aromatic N) is 1. The Labute approximate surface area is 91.5 Å². The van der Waals surface area contributed by atoms with E-state index in [9.17, 15) is 0 Å². The van der Waals surface area contributed by atoms with Gasteiger partial charge < -0.3 is 10.8 Å². The van der Waals surface area contributed by atoms with Gasteiger partial charge in [-0.25, -0.2) is 0 Å². The summed E-state index contributed by atoms with van der Waals surface area (Å²) < 4.78 is 0. The molecule has 0 saturated carbocycles. The second-order valence-corrected chi connectivity index (χ2v) is 3.92. The Morgan fingerprint density at radius 2 is 2.00 bits per heavy atom. The minimum atomic E-state index is 0.139. The van der Waals surface area contributed by atoms with Gasteiger partial charge in [-0.05, 0) is 12.5 Å². The van der Waals surface area contributed by atoms with Crippen LogP contribution in [-0.4, -0.2) is 35.7 Å². The van der Waals surface area contributed by atoms with E-state index in [1.54, 1.807) is 0 Å². The summed E-state index contributed by atoms with van der Waals surface area (Å²) in [5, 5.41) is 8.95. The Bertz CT molecular complexity index is 262. The molecule has 0 saturated heterocycles. The Morgan fingerprint density at radius 1 is 1.33 bits per heavy atom. The highest BCUT2D eigenvalue weighted by molar-refractivity contribution is 5.14. The van der Waals surface area contributed by atoms with Gasteiger partial charge in [-0.1, -0.05) is 30.3 Å². The SMILES string of the molecule is CC(N)CN(CCO)Cc1ccccc1. The lowest BCUT2D eigenvalue weighted by Crippen LogP contribution is -2.36. The number of aliphatic hydroxyl groups is 1. The Balaban J connectivity index is 2.50. The Hall–Kier alpha value is -0.900. The van der Waals surface area contributed by atoms with Gasteiger partial charge in [0.15, 0.2) is 0 Å². The quantitative estimate of drug-likeness (QED) is 0.728. The van der Waals surface area contributed by atoms with Crippen LogP contribution in [0, 0.1) is 0 Å². The van der Waals surface area contributed by atoms with Gasteiger partial charge in [0.05, 0.1) is 6.61 Å². The molecule has 1 atom stereocenters. The smallest absolute Gasteiger partial charge is 0.0558 e. The largest absolute Gasteiger partial charge is 0.395 e. The van der Waals surface area contributed by atoms with E-state index < -0.39 is 0 Å². The zero-order valence-corrected chi connectivity index (χ0v) is 9.26. The molecule has 1 aromatic rings. The first-order valence-corrected chi connectivity index (χ1v) is 5.35. The third-order valence-electron chi connectivity index (χ3n) is 2.21. The maximum absolute atomic E-state index is 8.95. The lowest BCUT2D eigenvalue weighted by atomic mass is 10.2. The summed E-state index contributed by atoms with van der Waals surface area (Å²) in [5.41, 5.74) is 7.01. The molecule has 0 fully saturated rings. The molecule has 0 spiro atoms. The highest BCUT2D eigenvalue weighted by atomic mass is 16.3. The maximum atomic E-state index is 8.95. The minimum absolute atomic E-state index is 0.139. The molecule has 3 nitrogen and oxygen atoms in total. The van der Waals surface area contributed by atoms with Crippen LogP contribution >= 0.6 is 0 Å². The molecule has 1 rings (SSSR count). The van der Waals surface area contributed by atoms with E-state index in [0.29, 0.717) is 6.54 Å². The van der Waals surface area contributed by atoms with Gasteiger partial charge in [0.25, 0.3) is 0 Å². The zero-order chi connectivity index (χ0) is 11.1. The van der Waals surface area contributed by atoms with Crippen LogP contribution in [0.15, 0.2) is 30.3 Å². The molecule has 0 aliphatic carbocycles.